The van der Waals surface area contributed by atoms with Gasteiger partial charge in [0.1, 0.15) is 11.6 Å². The first-order chi connectivity index (χ1) is 7.66. The summed E-state index contributed by atoms with van der Waals surface area (Å²) in [5.41, 5.74) is 7.43. The van der Waals surface area contributed by atoms with Crippen molar-refractivity contribution in [1.29, 1.82) is 0 Å². The molecule has 3 heteroatoms. The number of nitrogen functional groups attached to an aromatic ring is 1. The number of benzene rings is 2. The summed E-state index contributed by atoms with van der Waals surface area (Å²) in [6.45, 7) is 0. The Kier molecular flexibility index (Phi) is 2.77. The minimum Gasteiger partial charge on any atom is -0.508 e. The zero-order chi connectivity index (χ0) is 11.5. The molecule has 0 amide bonds. The van der Waals surface area contributed by atoms with Crippen LogP contribution in [0, 0.1) is 5.82 Å². The Morgan fingerprint density at radius 2 is 1.88 bits per heavy atom. The molecule has 0 bridgehead atoms. The molecule has 0 aromatic heterocycles. The topological polar surface area (TPSA) is 46.2 Å². The van der Waals surface area contributed by atoms with Gasteiger partial charge in [-0.1, -0.05) is 24.3 Å². The summed E-state index contributed by atoms with van der Waals surface area (Å²) in [6.07, 6.45) is 0.512. The standard InChI is InChI=1S/C13H12FNO/c14-12-6-2-4-10(13(12)15)7-9-3-1-5-11(16)8-9/h1-6,8,16H,7,15H2. The van der Waals surface area contributed by atoms with E-state index in [2.05, 4.69) is 0 Å². The highest BCUT2D eigenvalue weighted by Gasteiger charge is 2.05. The molecule has 0 aliphatic heterocycles. The first kappa shape index (κ1) is 10.5. The van der Waals surface area contributed by atoms with E-state index in [0.717, 1.165) is 11.1 Å². The quantitative estimate of drug-likeness (QED) is 0.760. The average molecular weight is 217 g/mol. The van der Waals surface area contributed by atoms with Crippen LogP contribution in [-0.2, 0) is 6.42 Å². The van der Waals surface area contributed by atoms with E-state index in [1.54, 1.807) is 30.3 Å². The Morgan fingerprint density at radius 1 is 1.12 bits per heavy atom. The van der Waals surface area contributed by atoms with E-state index >= 15 is 0 Å². The van der Waals surface area contributed by atoms with Gasteiger partial charge in [0.2, 0.25) is 0 Å². The van der Waals surface area contributed by atoms with Crippen molar-refractivity contribution >= 4 is 5.69 Å². The van der Waals surface area contributed by atoms with Gasteiger partial charge in [-0.15, -0.1) is 0 Å². The van der Waals surface area contributed by atoms with Crippen LogP contribution in [0.3, 0.4) is 0 Å². The molecule has 82 valence electrons. The maximum absolute atomic E-state index is 13.2. The number of phenols is 1. The number of aromatic hydroxyl groups is 1. The molecule has 0 atom stereocenters. The van der Waals surface area contributed by atoms with Crippen LogP contribution in [0.1, 0.15) is 11.1 Å². The van der Waals surface area contributed by atoms with Crippen molar-refractivity contribution < 1.29 is 9.50 Å². The third-order valence-corrected chi connectivity index (χ3v) is 2.45. The van der Waals surface area contributed by atoms with Gasteiger partial charge in [-0.25, -0.2) is 4.39 Å². The van der Waals surface area contributed by atoms with E-state index in [9.17, 15) is 9.50 Å². The number of nitrogens with two attached hydrogens (primary N) is 1. The maximum atomic E-state index is 13.2. The Morgan fingerprint density at radius 3 is 2.62 bits per heavy atom. The zero-order valence-corrected chi connectivity index (χ0v) is 8.65. The Hall–Kier alpha value is -2.03. The minimum atomic E-state index is -0.405. The number of hydrogen-bond donors (Lipinski definition) is 2. The molecular weight excluding hydrogens is 205 g/mol. The summed E-state index contributed by atoms with van der Waals surface area (Å²) in [7, 11) is 0. The summed E-state index contributed by atoms with van der Waals surface area (Å²) in [6, 6.07) is 11.6. The Labute approximate surface area is 93.2 Å². The monoisotopic (exact) mass is 217 g/mol. The van der Waals surface area contributed by atoms with E-state index in [-0.39, 0.29) is 11.4 Å². The number of halogens is 1. The van der Waals surface area contributed by atoms with Crippen molar-refractivity contribution in [3.63, 3.8) is 0 Å². The van der Waals surface area contributed by atoms with Gasteiger partial charge >= 0.3 is 0 Å². The number of anilines is 1. The molecule has 0 radical (unpaired) electrons. The van der Waals surface area contributed by atoms with E-state index in [0.29, 0.717) is 6.42 Å². The lowest BCUT2D eigenvalue weighted by Crippen LogP contribution is -1.98. The van der Waals surface area contributed by atoms with E-state index in [1.165, 1.54) is 6.07 Å². The normalized spacial score (nSPS) is 10.3. The van der Waals surface area contributed by atoms with Gasteiger partial charge in [-0.2, -0.15) is 0 Å². The van der Waals surface area contributed by atoms with Crippen molar-refractivity contribution in [2.75, 3.05) is 5.73 Å². The second-order valence-corrected chi connectivity index (χ2v) is 3.66. The van der Waals surface area contributed by atoms with Gasteiger partial charge in [0.25, 0.3) is 0 Å². The largest absolute Gasteiger partial charge is 0.508 e. The third kappa shape index (κ3) is 2.14. The van der Waals surface area contributed by atoms with Gasteiger partial charge in [0, 0.05) is 0 Å². The summed E-state index contributed by atoms with van der Waals surface area (Å²) < 4.78 is 13.2. The fourth-order valence-corrected chi connectivity index (χ4v) is 1.62. The van der Waals surface area contributed by atoms with Crippen LogP contribution < -0.4 is 5.73 Å². The number of rotatable bonds is 2. The highest BCUT2D eigenvalue weighted by Crippen LogP contribution is 2.21. The Bertz CT molecular complexity index is 511. The molecule has 2 rings (SSSR count). The molecule has 0 saturated heterocycles. The van der Waals surface area contributed by atoms with Crippen molar-refractivity contribution in [2.45, 2.75) is 6.42 Å². The smallest absolute Gasteiger partial charge is 0.146 e. The van der Waals surface area contributed by atoms with Crippen LogP contribution in [0.2, 0.25) is 0 Å². The van der Waals surface area contributed by atoms with Crippen LogP contribution in [-0.4, -0.2) is 5.11 Å². The van der Waals surface area contributed by atoms with Crippen molar-refractivity contribution in [1.82, 2.24) is 0 Å². The van der Waals surface area contributed by atoms with Crippen LogP contribution in [0.4, 0.5) is 10.1 Å². The molecule has 0 aliphatic rings. The molecule has 0 aliphatic carbocycles. The second kappa shape index (κ2) is 4.23. The first-order valence-electron chi connectivity index (χ1n) is 4.97. The molecule has 16 heavy (non-hydrogen) atoms. The predicted octanol–water partition coefficient (Wildman–Crippen LogP) is 2.70. The number of para-hydroxylation sites is 1. The van der Waals surface area contributed by atoms with Gasteiger partial charge in [-0.05, 0) is 35.7 Å². The van der Waals surface area contributed by atoms with E-state index in [1.807, 2.05) is 6.07 Å². The molecule has 0 saturated carbocycles. The first-order valence-corrected chi connectivity index (χ1v) is 4.97. The summed E-state index contributed by atoms with van der Waals surface area (Å²) >= 11 is 0. The van der Waals surface area contributed by atoms with Gasteiger partial charge in [0.15, 0.2) is 0 Å². The molecule has 3 N–H and O–H groups in total. The predicted molar refractivity (Wildman–Crippen MR) is 61.7 cm³/mol. The zero-order valence-electron chi connectivity index (χ0n) is 8.65. The summed E-state index contributed by atoms with van der Waals surface area (Å²) in [5, 5.41) is 9.31. The lowest BCUT2D eigenvalue weighted by Gasteiger charge is -2.06. The van der Waals surface area contributed by atoms with Crippen molar-refractivity contribution in [3.05, 3.63) is 59.4 Å². The minimum absolute atomic E-state index is 0.172. The fraction of sp³-hybridized carbons (Fsp3) is 0.0769. The maximum Gasteiger partial charge on any atom is 0.146 e. The van der Waals surface area contributed by atoms with E-state index < -0.39 is 5.82 Å². The Balaban J connectivity index is 2.31. The SMILES string of the molecule is Nc1c(F)cccc1Cc1cccc(O)c1. The van der Waals surface area contributed by atoms with Gasteiger partial charge in [0.05, 0.1) is 5.69 Å². The van der Waals surface area contributed by atoms with Crippen LogP contribution >= 0.6 is 0 Å². The average Bonchev–Trinajstić information content (AvgIpc) is 2.25. The molecule has 2 aromatic rings. The number of hydrogen-bond acceptors (Lipinski definition) is 2. The molecule has 2 aromatic carbocycles. The van der Waals surface area contributed by atoms with Crippen molar-refractivity contribution in [3.8, 4) is 5.75 Å². The molecule has 2 nitrogen and oxygen atoms in total. The number of phenolic OH excluding ortho intramolecular Hbond substituents is 1. The van der Waals surface area contributed by atoms with Crippen LogP contribution in [0.25, 0.3) is 0 Å². The highest BCUT2D eigenvalue weighted by atomic mass is 19.1. The van der Waals surface area contributed by atoms with E-state index in [4.69, 9.17) is 5.73 Å². The molecule has 0 spiro atoms. The molecule has 0 fully saturated rings. The van der Waals surface area contributed by atoms with Crippen LogP contribution in [0.5, 0.6) is 5.75 Å². The van der Waals surface area contributed by atoms with Gasteiger partial charge < -0.3 is 10.8 Å². The van der Waals surface area contributed by atoms with Crippen molar-refractivity contribution in [2.24, 2.45) is 0 Å². The lowest BCUT2D eigenvalue weighted by molar-refractivity contribution is 0.474. The second-order valence-electron chi connectivity index (χ2n) is 3.66. The summed E-state index contributed by atoms with van der Waals surface area (Å²) in [5.74, 6) is -0.204. The summed E-state index contributed by atoms with van der Waals surface area (Å²) in [4.78, 5) is 0. The molecule has 0 unspecified atom stereocenters. The van der Waals surface area contributed by atoms with Crippen LogP contribution in [0.15, 0.2) is 42.5 Å². The highest BCUT2D eigenvalue weighted by molar-refractivity contribution is 5.50. The van der Waals surface area contributed by atoms with Gasteiger partial charge in [-0.3, -0.25) is 0 Å². The third-order valence-electron chi connectivity index (χ3n) is 2.45. The lowest BCUT2D eigenvalue weighted by atomic mass is 10.0. The fourth-order valence-electron chi connectivity index (χ4n) is 1.62. The molecular formula is C13H12FNO. The molecule has 0 heterocycles.